The average molecular weight is 276 g/mol. The quantitative estimate of drug-likeness (QED) is 0.895. The number of carbonyl (C=O) groups is 1. The van der Waals surface area contributed by atoms with Crippen LogP contribution in [0.2, 0.25) is 0 Å². The summed E-state index contributed by atoms with van der Waals surface area (Å²) in [6.07, 6.45) is 3.34. The summed E-state index contributed by atoms with van der Waals surface area (Å²) >= 11 is 0. The standard InChI is InChI=1S/C16H21FN2O/c1-12(13-5-2-3-6-14(13)17)15(20)18-16(7-8-16)11-19-9-4-10-19/h2-3,5-6,12H,4,7-11H2,1H3,(H,18,20). The van der Waals surface area contributed by atoms with Gasteiger partial charge in [0.1, 0.15) is 5.82 Å². The lowest BCUT2D eigenvalue weighted by Gasteiger charge is -2.35. The molecular formula is C16H21FN2O. The minimum absolute atomic E-state index is 0.0446. The molecule has 1 aromatic carbocycles. The Kier molecular flexibility index (Phi) is 3.50. The maximum Gasteiger partial charge on any atom is 0.227 e. The third-order valence-electron chi connectivity index (χ3n) is 4.48. The van der Waals surface area contributed by atoms with Crippen molar-refractivity contribution in [2.24, 2.45) is 0 Å². The van der Waals surface area contributed by atoms with Gasteiger partial charge in [0.15, 0.2) is 0 Å². The lowest BCUT2D eigenvalue weighted by atomic mass is 9.99. The minimum Gasteiger partial charge on any atom is -0.349 e. The van der Waals surface area contributed by atoms with Gasteiger partial charge in [0, 0.05) is 6.54 Å². The number of nitrogens with zero attached hydrogens (tertiary/aromatic N) is 1. The third-order valence-corrected chi connectivity index (χ3v) is 4.48. The van der Waals surface area contributed by atoms with Crippen molar-refractivity contribution in [3.05, 3.63) is 35.6 Å². The fourth-order valence-electron chi connectivity index (χ4n) is 2.78. The van der Waals surface area contributed by atoms with Gasteiger partial charge in [0.2, 0.25) is 5.91 Å². The zero-order valence-electron chi connectivity index (χ0n) is 11.9. The molecule has 1 aliphatic carbocycles. The van der Waals surface area contributed by atoms with Crippen molar-refractivity contribution in [2.75, 3.05) is 19.6 Å². The van der Waals surface area contributed by atoms with Gasteiger partial charge in [-0.3, -0.25) is 4.79 Å². The fourth-order valence-corrected chi connectivity index (χ4v) is 2.78. The summed E-state index contributed by atoms with van der Waals surface area (Å²) in [5.74, 6) is -0.805. The number of rotatable bonds is 5. The first kappa shape index (κ1) is 13.6. The normalized spacial score (nSPS) is 21.9. The van der Waals surface area contributed by atoms with Crippen molar-refractivity contribution in [2.45, 2.75) is 37.6 Å². The molecular weight excluding hydrogens is 255 g/mol. The van der Waals surface area contributed by atoms with E-state index in [1.165, 1.54) is 12.5 Å². The first-order valence-corrected chi connectivity index (χ1v) is 7.38. The lowest BCUT2D eigenvalue weighted by Crippen LogP contribution is -2.50. The van der Waals surface area contributed by atoms with E-state index in [9.17, 15) is 9.18 Å². The first-order valence-electron chi connectivity index (χ1n) is 7.38. The molecule has 3 rings (SSSR count). The Morgan fingerprint density at radius 3 is 2.65 bits per heavy atom. The number of hydrogen-bond donors (Lipinski definition) is 1. The number of likely N-dealkylation sites (tertiary alicyclic amines) is 1. The molecule has 1 saturated carbocycles. The number of carbonyl (C=O) groups excluding carboxylic acids is 1. The van der Waals surface area contributed by atoms with Crippen LogP contribution in [0.4, 0.5) is 4.39 Å². The average Bonchev–Trinajstić information content (AvgIpc) is 3.14. The SMILES string of the molecule is CC(C(=O)NC1(CN2CCC2)CC1)c1ccccc1F. The summed E-state index contributed by atoms with van der Waals surface area (Å²) in [5, 5.41) is 3.14. The van der Waals surface area contributed by atoms with E-state index >= 15 is 0 Å². The van der Waals surface area contributed by atoms with E-state index in [1.54, 1.807) is 25.1 Å². The van der Waals surface area contributed by atoms with Gasteiger partial charge < -0.3 is 10.2 Å². The molecule has 2 fully saturated rings. The third kappa shape index (κ3) is 2.70. The topological polar surface area (TPSA) is 32.3 Å². The van der Waals surface area contributed by atoms with E-state index in [-0.39, 0.29) is 17.3 Å². The Bertz CT molecular complexity index is 509. The van der Waals surface area contributed by atoms with Crippen LogP contribution >= 0.6 is 0 Å². The molecule has 0 radical (unpaired) electrons. The molecule has 2 aliphatic rings. The predicted octanol–water partition coefficient (Wildman–Crippen LogP) is 2.28. The summed E-state index contributed by atoms with van der Waals surface area (Å²) in [6.45, 7) is 5.00. The molecule has 1 heterocycles. The summed E-state index contributed by atoms with van der Waals surface area (Å²) in [6, 6.07) is 6.52. The van der Waals surface area contributed by atoms with Gasteiger partial charge in [-0.15, -0.1) is 0 Å². The molecule has 1 saturated heterocycles. The van der Waals surface area contributed by atoms with Crippen LogP contribution in [-0.2, 0) is 4.79 Å². The van der Waals surface area contributed by atoms with Crippen LogP contribution in [0.3, 0.4) is 0 Å². The van der Waals surface area contributed by atoms with Crippen molar-refractivity contribution < 1.29 is 9.18 Å². The largest absolute Gasteiger partial charge is 0.349 e. The molecule has 1 N–H and O–H groups in total. The Morgan fingerprint density at radius 2 is 2.10 bits per heavy atom. The highest BCUT2D eigenvalue weighted by Crippen LogP contribution is 2.38. The molecule has 1 aliphatic heterocycles. The van der Waals surface area contributed by atoms with Crippen LogP contribution in [0.25, 0.3) is 0 Å². The lowest BCUT2D eigenvalue weighted by molar-refractivity contribution is -0.123. The van der Waals surface area contributed by atoms with Crippen molar-refractivity contribution >= 4 is 5.91 Å². The van der Waals surface area contributed by atoms with Crippen molar-refractivity contribution in [3.63, 3.8) is 0 Å². The van der Waals surface area contributed by atoms with Gasteiger partial charge in [-0.05, 0) is 50.9 Å². The van der Waals surface area contributed by atoms with Crippen molar-refractivity contribution in [1.29, 1.82) is 0 Å². The summed E-state index contributed by atoms with van der Waals surface area (Å²) in [4.78, 5) is 14.7. The maximum atomic E-state index is 13.7. The van der Waals surface area contributed by atoms with Gasteiger partial charge in [-0.1, -0.05) is 18.2 Å². The molecule has 1 unspecified atom stereocenters. The van der Waals surface area contributed by atoms with Gasteiger partial charge >= 0.3 is 0 Å². The highest BCUT2D eigenvalue weighted by molar-refractivity contribution is 5.84. The number of benzene rings is 1. The summed E-state index contributed by atoms with van der Waals surface area (Å²) in [7, 11) is 0. The zero-order valence-corrected chi connectivity index (χ0v) is 11.9. The van der Waals surface area contributed by atoms with E-state index in [2.05, 4.69) is 10.2 Å². The predicted molar refractivity (Wildman–Crippen MR) is 76.0 cm³/mol. The molecule has 1 amide bonds. The molecule has 108 valence electrons. The number of halogens is 1. The molecule has 20 heavy (non-hydrogen) atoms. The highest BCUT2D eigenvalue weighted by Gasteiger charge is 2.46. The Balaban J connectivity index is 1.62. The highest BCUT2D eigenvalue weighted by atomic mass is 19.1. The first-order chi connectivity index (χ1) is 9.60. The molecule has 0 bridgehead atoms. The van der Waals surface area contributed by atoms with Crippen LogP contribution in [0.1, 0.15) is 37.7 Å². The molecule has 0 spiro atoms. The number of nitrogens with one attached hydrogen (secondary N) is 1. The monoisotopic (exact) mass is 276 g/mol. The van der Waals surface area contributed by atoms with Gasteiger partial charge in [-0.25, -0.2) is 4.39 Å². The van der Waals surface area contributed by atoms with Crippen molar-refractivity contribution in [1.82, 2.24) is 10.2 Å². The van der Waals surface area contributed by atoms with E-state index in [4.69, 9.17) is 0 Å². The van der Waals surface area contributed by atoms with Crippen LogP contribution in [0, 0.1) is 5.82 Å². The van der Waals surface area contributed by atoms with Gasteiger partial charge in [-0.2, -0.15) is 0 Å². The second-order valence-electron chi connectivity index (χ2n) is 6.14. The number of hydrogen-bond acceptors (Lipinski definition) is 2. The van der Waals surface area contributed by atoms with Crippen LogP contribution in [0.15, 0.2) is 24.3 Å². The van der Waals surface area contributed by atoms with E-state index < -0.39 is 5.92 Å². The zero-order chi connectivity index (χ0) is 14.2. The van der Waals surface area contributed by atoms with Gasteiger partial charge in [0.05, 0.1) is 11.5 Å². The van der Waals surface area contributed by atoms with E-state index in [1.807, 2.05) is 0 Å². The Labute approximate surface area is 119 Å². The van der Waals surface area contributed by atoms with Gasteiger partial charge in [0.25, 0.3) is 0 Å². The van der Waals surface area contributed by atoms with Crippen molar-refractivity contribution in [3.8, 4) is 0 Å². The molecule has 0 aromatic heterocycles. The second kappa shape index (κ2) is 5.17. The molecule has 1 atom stereocenters. The fraction of sp³-hybridized carbons (Fsp3) is 0.562. The number of amides is 1. The molecule has 1 aromatic rings. The molecule has 3 nitrogen and oxygen atoms in total. The summed E-state index contributed by atoms with van der Waals surface area (Å²) in [5.41, 5.74) is 0.432. The summed E-state index contributed by atoms with van der Waals surface area (Å²) < 4.78 is 13.7. The van der Waals surface area contributed by atoms with Crippen LogP contribution < -0.4 is 5.32 Å². The minimum atomic E-state index is -0.440. The second-order valence-corrected chi connectivity index (χ2v) is 6.14. The van der Waals surface area contributed by atoms with Crippen LogP contribution in [-0.4, -0.2) is 36.0 Å². The smallest absolute Gasteiger partial charge is 0.227 e. The maximum absolute atomic E-state index is 13.7. The Morgan fingerprint density at radius 1 is 1.40 bits per heavy atom. The van der Waals surface area contributed by atoms with E-state index in [0.717, 1.165) is 32.5 Å². The Hall–Kier alpha value is -1.42. The van der Waals surface area contributed by atoms with E-state index in [0.29, 0.717) is 5.56 Å². The van der Waals surface area contributed by atoms with Crippen LogP contribution in [0.5, 0.6) is 0 Å². The molecule has 4 heteroatoms.